The molecule has 0 atom stereocenters. The van der Waals surface area contributed by atoms with Crippen molar-refractivity contribution in [1.29, 1.82) is 0 Å². The second kappa shape index (κ2) is 8.66. The second-order valence-electron chi connectivity index (χ2n) is 6.53. The van der Waals surface area contributed by atoms with E-state index in [9.17, 15) is 9.59 Å². The molecular weight excluding hydrogens is 348 g/mol. The molecule has 1 saturated heterocycles. The standard InChI is InChI=1S/C19H24N4O4/c1-13-21-22-19(27-13)14-7-8-16(26-2)15(12-14)20-17(24)9-11-23-10-5-3-4-6-18(23)25/h7-8,12H,3-6,9-11H2,1-2H3,(H,20,24). The Labute approximate surface area is 157 Å². The molecule has 1 aromatic heterocycles. The fraction of sp³-hybridized carbons (Fsp3) is 0.474. The van der Waals surface area contributed by atoms with E-state index in [1.54, 1.807) is 30.0 Å². The highest BCUT2D eigenvalue weighted by Gasteiger charge is 2.18. The highest BCUT2D eigenvalue weighted by Crippen LogP contribution is 2.30. The molecule has 1 aliphatic heterocycles. The first kappa shape index (κ1) is 18.9. The molecule has 144 valence electrons. The number of nitrogens with zero attached hydrogens (tertiary/aromatic N) is 3. The van der Waals surface area contributed by atoms with Crippen LogP contribution in [0.15, 0.2) is 22.6 Å². The van der Waals surface area contributed by atoms with E-state index >= 15 is 0 Å². The fourth-order valence-electron chi connectivity index (χ4n) is 3.08. The van der Waals surface area contributed by atoms with Gasteiger partial charge >= 0.3 is 0 Å². The van der Waals surface area contributed by atoms with Crippen LogP contribution in [0.4, 0.5) is 5.69 Å². The summed E-state index contributed by atoms with van der Waals surface area (Å²) in [5.41, 5.74) is 1.22. The monoisotopic (exact) mass is 372 g/mol. The smallest absolute Gasteiger partial charge is 0.247 e. The summed E-state index contributed by atoms with van der Waals surface area (Å²) >= 11 is 0. The molecule has 1 N–H and O–H groups in total. The van der Waals surface area contributed by atoms with Gasteiger partial charge in [0.15, 0.2) is 0 Å². The highest BCUT2D eigenvalue weighted by molar-refractivity contribution is 5.93. The number of ether oxygens (including phenoxy) is 1. The van der Waals surface area contributed by atoms with E-state index < -0.39 is 0 Å². The molecule has 0 aliphatic carbocycles. The number of likely N-dealkylation sites (tertiary alicyclic amines) is 1. The molecule has 8 nitrogen and oxygen atoms in total. The molecule has 0 saturated carbocycles. The fourth-order valence-corrected chi connectivity index (χ4v) is 3.08. The van der Waals surface area contributed by atoms with Crippen molar-refractivity contribution in [3.63, 3.8) is 0 Å². The molecule has 0 bridgehead atoms. The SMILES string of the molecule is COc1ccc(-c2nnc(C)o2)cc1NC(=O)CCN1CCCCCC1=O. The number of hydrogen-bond donors (Lipinski definition) is 1. The molecule has 1 aromatic carbocycles. The van der Waals surface area contributed by atoms with Gasteiger partial charge in [0.05, 0.1) is 12.8 Å². The number of aryl methyl sites for hydroxylation is 1. The second-order valence-corrected chi connectivity index (χ2v) is 6.53. The first-order valence-corrected chi connectivity index (χ1v) is 9.13. The summed E-state index contributed by atoms with van der Waals surface area (Å²) < 4.78 is 10.8. The minimum Gasteiger partial charge on any atom is -0.495 e. The Hall–Kier alpha value is -2.90. The molecule has 0 spiro atoms. The van der Waals surface area contributed by atoms with Crippen LogP contribution in [0, 0.1) is 6.92 Å². The van der Waals surface area contributed by atoms with E-state index in [2.05, 4.69) is 15.5 Å². The van der Waals surface area contributed by atoms with E-state index in [4.69, 9.17) is 9.15 Å². The first-order valence-electron chi connectivity index (χ1n) is 9.13. The molecular formula is C19H24N4O4. The zero-order valence-corrected chi connectivity index (χ0v) is 15.7. The lowest BCUT2D eigenvalue weighted by Gasteiger charge is -2.20. The third-order valence-corrected chi connectivity index (χ3v) is 4.53. The average Bonchev–Trinajstić information content (AvgIpc) is 2.99. The predicted octanol–water partition coefficient (Wildman–Crippen LogP) is 2.78. The van der Waals surface area contributed by atoms with Crippen molar-refractivity contribution in [2.24, 2.45) is 0 Å². The maximum atomic E-state index is 12.4. The molecule has 2 heterocycles. The van der Waals surface area contributed by atoms with E-state index in [0.29, 0.717) is 41.7 Å². The molecule has 8 heteroatoms. The largest absolute Gasteiger partial charge is 0.495 e. The summed E-state index contributed by atoms with van der Waals surface area (Å²) in [6, 6.07) is 5.26. The number of rotatable bonds is 6. The van der Waals surface area contributed by atoms with Gasteiger partial charge in [0.2, 0.25) is 23.6 Å². The Bertz CT molecular complexity index is 818. The van der Waals surface area contributed by atoms with E-state index in [1.165, 1.54) is 7.11 Å². The quantitative estimate of drug-likeness (QED) is 0.837. The summed E-state index contributed by atoms with van der Waals surface area (Å²) in [6.45, 7) is 2.86. The summed E-state index contributed by atoms with van der Waals surface area (Å²) in [4.78, 5) is 26.2. The van der Waals surface area contributed by atoms with Crippen molar-refractivity contribution in [2.45, 2.75) is 39.0 Å². The molecule has 1 fully saturated rings. The van der Waals surface area contributed by atoms with Gasteiger partial charge in [0.25, 0.3) is 0 Å². The van der Waals surface area contributed by atoms with Crippen LogP contribution >= 0.6 is 0 Å². The predicted molar refractivity (Wildman–Crippen MR) is 99.3 cm³/mol. The van der Waals surface area contributed by atoms with Crippen LogP contribution in [0.5, 0.6) is 5.75 Å². The van der Waals surface area contributed by atoms with E-state index in [0.717, 1.165) is 25.8 Å². The van der Waals surface area contributed by atoms with Gasteiger partial charge in [-0.1, -0.05) is 6.42 Å². The summed E-state index contributed by atoms with van der Waals surface area (Å²) in [6.07, 6.45) is 3.79. The van der Waals surface area contributed by atoms with Gasteiger partial charge in [-0.2, -0.15) is 0 Å². The molecule has 27 heavy (non-hydrogen) atoms. The summed E-state index contributed by atoms with van der Waals surface area (Å²) in [5.74, 6) is 1.33. The Kier molecular flexibility index (Phi) is 6.05. The number of anilines is 1. The van der Waals surface area contributed by atoms with Crippen LogP contribution in [0.2, 0.25) is 0 Å². The third-order valence-electron chi connectivity index (χ3n) is 4.53. The average molecular weight is 372 g/mol. The Morgan fingerprint density at radius 1 is 1.30 bits per heavy atom. The number of carbonyl (C=O) groups excluding carboxylic acids is 2. The van der Waals surface area contributed by atoms with Crippen LogP contribution in [0.3, 0.4) is 0 Å². The number of hydrogen-bond acceptors (Lipinski definition) is 6. The van der Waals surface area contributed by atoms with Crippen molar-refractivity contribution in [3.8, 4) is 17.2 Å². The number of benzene rings is 1. The van der Waals surface area contributed by atoms with Crippen LogP contribution in [0.1, 0.15) is 38.0 Å². The van der Waals surface area contributed by atoms with Crippen LogP contribution < -0.4 is 10.1 Å². The van der Waals surface area contributed by atoms with E-state index in [1.807, 2.05) is 0 Å². The van der Waals surface area contributed by atoms with Gasteiger partial charge in [-0.05, 0) is 31.0 Å². The maximum Gasteiger partial charge on any atom is 0.247 e. The van der Waals surface area contributed by atoms with E-state index in [-0.39, 0.29) is 18.2 Å². The van der Waals surface area contributed by atoms with Crippen molar-refractivity contribution < 1.29 is 18.7 Å². The third kappa shape index (κ3) is 4.84. The number of methoxy groups -OCH3 is 1. The lowest BCUT2D eigenvalue weighted by molar-refractivity contribution is -0.131. The number of carbonyl (C=O) groups is 2. The van der Waals surface area contributed by atoms with Crippen LogP contribution in [-0.2, 0) is 9.59 Å². The number of amides is 2. The maximum absolute atomic E-state index is 12.4. The topological polar surface area (TPSA) is 97.6 Å². The van der Waals surface area contributed by atoms with Gasteiger partial charge in [-0.25, -0.2) is 0 Å². The van der Waals surface area contributed by atoms with Crippen LogP contribution in [-0.4, -0.2) is 47.1 Å². The van der Waals surface area contributed by atoms with Crippen LogP contribution in [0.25, 0.3) is 11.5 Å². The van der Waals surface area contributed by atoms with Crippen molar-refractivity contribution in [2.75, 3.05) is 25.5 Å². The summed E-state index contributed by atoms with van der Waals surface area (Å²) in [5, 5.41) is 10.7. The molecule has 0 unspecified atom stereocenters. The lowest BCUT2D eigenvalue weighted by atomic mass is 10.1. The van der Waals surface area contributed by atoms with Crippen molar-refractivity contribution in [3.05, 3.63) is 24.1 Å². The van der Waals surface area contributed by atoms with Gasteiger partial charge in [0.1, 0.15) is 5.75 Å². The minimum atomic E-state index is -0.177. The van der Waals surface area contributed by atoms with Gasteiger partial charge in [0, 0.05) is 38.4 Å². The Morgan fingerprint density at radius 2 is 2.15 bits per heavy atom. The first-order chi connectivity index (χ1) is 13.1. The molecule has 2 amide bonds. The number of nitrogens with one attached hydrogen (secondary N) is 1. The van der Waals surface area contributed by atoms with Crippen molar-refractivity contribution >= 4 is 17.5 Å². The van der Waals surface area contributed by atoms with Gasteiger partial charge in [-0.15, -0.1) is 10.2 Å². The van der Waals surface area contributed by atoms with Gasteiger partial charge < -0.3 is 19.4 Å². The van der Waals surface area contributed by atoms with Crippen molar-refractivity contribution in [1.82, 2.24) is 15.1 Å². The molecule has 0 radical (unpaired) electrons. The molecule has 3 rings (SSSR count). The Balaban J connectivity index is 1.66. The lowest BCUT2D eigenvalue weighted by Crippen LogP contribution is -2.33. The Morgan fingerprint density at radius 3 is 2.89 bits per heavy atom. The number of aromatic nitrogens is 2. The summed E-state index contributed by atoms with van der Waals surface area (Å²) in [7, 11) is 1.54. The zero-order valence-electron chi connectivity index (χ0n) is 15.7. The zero-order chi connectivity index (χ0) is 19.2. The molecule has 1 aliphatic rings. The van der Waals surface area contributed by atoms with Gasteiger partial charge in [-0.3, -0.25) is 9.59 Å². The normalized spacial score (nSPS) is 14.7. The highest BCUT2D eigenvalue weighted by atomic mass is 16.5. The molecule has 2 aromatic rings. The minimum absolute atomic E-state index is 0.131.